The molecule has 1 aromatic heterocycles. The van der Waals surface area contributed by atoms with Gasteiger partial charge in [-0.1, -0.05) is 34.6 Å². The third kappa shape index (κ3) is 3.53. The van der Waals surface area contributed by atoms with Gasteiger partial charge in [0.1, 0.15) is 0 Å². The van der Waals surface area contributed by atoms with E-state index in [0.717, 1.165) is 32.6 Å². The summed E-state index contributed by atoms with van der Waals surface area (Å²) in [5.74, 6) is 0.560. The van der Waals surface area contributed by atoms with Crippen LogP contribution < -0.4 is 10.2 Å². The minimum absolute atomic E-state index is 0.435. The van der Waals surface area contributed by atoms with E-state index in [-0.39, 0.29) is 0 Å². The number of aromatic nitrogens is 1. The number of anilines is 1. The maximum atomic E-state index is 4.99. The summed E-state index contributed by atoms with van der Waals surface area (Å²) < 4.78 is 0. The molecule has 1 aromatic rings. The highest BCUT2D eigenvalue weighted by atomic mass is 32.1. The molecule has 114 valence electrons. The van der Waals surface area contributed by atoms with Gasteiger partial charge in [0.05, 0.1) is 5.69 Å². The number of nitrogens with zero attached hydrogens (tertiary/aromatic N) is 2. The fraction of sp³-hybridized carbons (Fsp3) is 0.812. The molecule has 0 aromatic carbocycles. The quantitative estimate of drug-likeness (QED) is 0.859. The first kappa shape index (κ1) is 15.8. The predicted octanol–water partition coefficient (Wildman–Crippen LogP) is 4.00. The SMILES string of the molecule is CCNCc1sc(N2CCC(C)(C)C2)nc1C(C)CC. The molecule has 0 radical (unpaired) electrons. The predicted molar refractivity (Wildman–Crippen MR) is 88.8 cm³/mol. The van der Waals surface area contributed by atoms with Gasteiger partial charge in [-0.2, -0.15) is 0 Å². The molecule has 2 heterocycles. The molecule has 1 aliphatic rings. The van der Waals surface area contributed by atoms with Crippen LogP contribution in [0.1, 0.15) is 63.9 Å². The molecule has 0 bridgehead atoms. The summed E-state index contributed by atoms with van der Waals surface area (Å²) in [6, 6.07) is 0. The van der Waals surface area contributed by atoms with Gasteiger partial charge in [0.15, 0.2) is 5.13 Å². The van der Waals surface area contributed by atoms with Crippen molar-refractivity contribution in [1.82, 2.24) is 10.3 Å². The first-order valence-electron chi connectivity index (χ1n) is 7.92. The molecule has 1 saturated heterocycles. The van der Waals surface area contributed by atoms with Crippen LogP contribution in [0.4, 0.5) is 5.13 Å². The lowest BCUT2D eigenvalue weighted by Gasteiger charge is -2.18. The van der Waals surface area contributed by atoms with Gasteiger partial charge in [-0.3, -0.25) is 0 Å². The summed E-state index contributed by atoms with van der Waals surface area (Å²) in [6.07, 6.45) is 2.43. The molecule has 1 fully saturated rings. The van der Waals surface area contributed by atoms with E-state index in [2.05, 4.69) is 44.8 Å². The smallest absolute Gasteiger partial charge is 0.185 e. The molecule has 2 rings (SSSR count). The van der Waals surface area contributed by atoms with Gasteiger partial charge in [-0.15, -0.1) is 11.3 Å². The Bertz CT molecular complexity index is 439. The van der Waals surface area contributed by atoms with Gasteiger partial charge in [-0.25, -0.2) is 4.98 Å². The standard InChI is InChI=1S/C16H29N3S/c1-6-12(3)14-13(10-17-7-2)20-15(18-14)19-9-8-16(4,5)11-19/h12,17H,6-11H2,1-5H3. The number of hydrogen-bond acceptors (Lipinski definition) is 4. The average molecular weight is 295 g/mol. The number of hydrogen-bond donors (Lipinski definition) is 1. The van der Waals surface area contributed by atoms with Gasteiger partial charge in [0, 0.05) is 24.5 Å². The van der Waals surface area contributed by atoms with Crippen molar-refractivity contribution >= 4 is 16.5 Å². The van der Waals surface area contributed by atoms with Gasteiger partial charge in [0.25, 0.3) is 0 Å². The fourth-order valence-corrected chi connectivity index (χ4v) is 3.88. The lowest BCUT2D eigenvalue weighted by molar-refractivity contribution is 0.418. The molecule has 1 atom stereocenters. The Balaban J connectivity index is 2.20. The van der Waals surface area contributed by atoms with Crippen molar-refractivity contribution in [3.05, 3.63) is 10.6 Å². The first-order valence-corrected chi connectivity index (χ1v) is 8.73. The van der Waals surface area contributed by atoms with Crippen molar-refractivity contribution < 1.29 is 0 Å². The maximum absolute atomic E-state index is 4.99. The van der Waals surface area contributed by atoms with E-state index in [4.69, 9.17) is 4.98 Å². The summed E-state index contributed by atoms with van der Waals surface area (Å²) in [5, 5.41) is 4.69. The van der Waals surface area contributed by atoms with E-state index in [1.807, 2.05) is 11.3 Å². The highest BCUT2D eigenvalue weighted by Gasteiger charge is 2.31. The average Bonchev–Trinajstić information content (AvgIpc) is 2.98. The van der Waals surface area contributed by atoms with Crippen LogP contribution in [0.25, 0.3) is 0 Å². The van der Waals surface area contributed by atoms with Crippen molar-refractivity contribution in [2.45, 2.75) is 59.9 Å². The Morgan fingerprint density at radius 1 is 1.40 bits per heavy atom. The number of nitrogens with one attached hydrogen (secondary N) is 1. The summed E-state index contributed by atoms with van der Waals surface area (Å²) in [6.45, 7) is 15.7. The number of rotatable bonds is 6. The first-order chi connectivity index (χ1) is 9.46. The van der Waals surface area contributed by atoms with Crippen LogP contribution in [0.2, 0.25) is 0 Å². The van der Waals surface area contributed by atoms with Crippen molar-refractivity contribution in [3.8, 4) is 0 Å². The van der Waals surface area contributed by atoms with Crippen LogP contribution in [-0.4, -0.2) is 24.6 Å². The van der Waals surface area contributed by atoms with Crippen LogP contribution in [0.15, 0.2) is 0 Å². The second kappa shape index (κ2) is 6.44. The summed E-state index contributed by atoms with van der Waals surface area (Å²) in [4.78, 5) is 8.90. The van der Waals surface area contributed by atoms with E-state index in [0.29, 0.717) is 11.3 Å². The van der Waals surface area contributed by atoms with Crippen molar-refractivity contribution in [1.29, 1.82) is 0 Å². The second-order valence-corrected chi connectivity index (χ2v) is 7.79. The van der Waals surface area contributed by atoms with Gasteiger partial charge < -0.3 is 10.2 Å². The van der Waals surface area contributed by atoms with Crippen molar-refractivity contribution in [3.63, 3.8) is 0 Å². The van der Waals surface area contributed by atoms with E-state index >= 15 is 0 Å². The van der Waals surface area contributed by atoms with Crippen molar-refractivity contribution in [2.75, 3.05) is 24.5 Å². The summed E-state index contributed by atoms with van der Waals surface area (Å²) >= 11 is 1.89. The largest absolute Gasteiger partial charge is 0.348 e. The Hall–Kier alpha value is -0.610. The Morgan fingerprint density at radius 3 is 2.70 bits per heavy atom. The van der Waals surface area contributed by atoms with Crippen molar-refractivity contribution in [2.24, 2.45) is 5.41 Å². The zero-order valence-corrected chi connectivity index (χ0v) is 14.4. The monoisotopic (exact) mass is 295 g/mol. The van der Waals surface area contributed by atoms with E-state index in [9.17, 15) is 0 Å². The van der Waals surface area contributed by atoms with Crippen LogP contribution >= 0.6 is 11.3 Å². The van der Waals surface area contributed by atoms with E-state index in [1.165, 1.54) is 22.1 Å². The Kier molecular flexibility index (Phi) is 5.08. The molecule has 3 nitrogen and oxygen atoms in total. The van der Waals surface area contributed by atoms with Gasteiger partial charge in [0.2, 0.25) is 0 Å². The highest BCUT2D eigenvalue weighted by Crippen LogP contribution is 2.37. The lowest BCUT2D eigenvalue weighted by atomic mass is 9.93. The van der Waals surface area contributed by atoms with Crippen LogP contribution in [0.5, 0.6) is 0 Å². The Morgan fingerprint density at radius 2 is 2.15 bits per heavy atom. The molecule has 1 unspecified atom stereocenters. The minimum atomic E-state index is 0.435. The molecule has 0 saturated carbocycles. The summed E-state index contributed by atoms with van der Waals surface area (Å²) in [5.41, 5.74) is 1.75. The molecular weight excluding hydrogens is 266 g/mol. The lowest BCUT2D eigenvalue weighted by Crippen LogP contribution is -2.22. The summed E-state index contributed by atoms with van der Waals surface area (Å²) in [7, 11) is 0. The molecule has 4 heteroatoms. The van der Waals surface area contributed by atoms with E-state index in [1.54, 1.807) is 0 Å². The molecular formula is C16H29N3S. The third-order valence-electron chi connectivity index (χ3n) is 4.28. The van der Waals surface area contributed by atoms with Gasteiger partial charge >= 0.3 is 0 Å². The molecule has 0 spiro atoms. The maximum Gasteiger partial charge on any atom is 0.185 e. The normalized spacial score (nSPS) is 19.6. The highest BCUT2D eigenvalue weighted by molar-refractivity contribution is 7.15. The Labute approximate surface area is 127 Å². The van der Waals surface area contributed by atoms with Crippen LogP contribution in [0, 0.1) is 5.41 Å². The molecule has 20 heavy (non-hydrogen) atoms. The molecule has 0 amide bonds. The topological polar surface area (TPSA) is 28.2 Å². The zero-order valence-electron chi connectivity index (χ0n) is 13.6. The second-order valence-electron chi connectivity index (χ2n) is 6.73. The fourth-order valence-electron chi connectivity index (χ4n) is 2.71. The zero-order chi connectivity index (χ0) is 14.8. The van der Waals surface area contributed by atoms with Gasteiger partial charge in [-0.05, 0) is 30.7 Å². The number of thiazole rings is 1. The van der Waals surface area contributed by atoms with Crippen LogP contribution in [-0.2, 0) is 6.54 Å². The molecule has 1 N–H and O–H groups in total. The molecule has 1 aliphatic heterocycles. The minimum Gasteiger partial charge on any atom is -0.348 e. The third-order valence-corrected chi connectivity index (χ3v) is 5.41. The van der Waals surface area contributed by atoms with Crippen LogP contribution in [0.3, 0.4) is 0 Å². The van der Waals surface area contributed by atoms with E-state index < -0.39 is 0 Å². The molecule has 0 aliphatic carbocycles.